The first-order valence-electron chi connectivity index (χ1n) is 6.49. The van der Waals surface area contributed by atoms with Crippen molar-refractivity contribution in [2.75, 3.05) is 17.2 Å². The normalized spacial score (nSPS) is 20.5. The Labute approximate surface area is 107 Å². The third kappa shape index (κ3) is 2.42. The zero-order valence-corrected chi connectivity index (χ0v) is 10.7. The number of carbonyl (C=O) groups is 1. The monoisotopic (exact) mass is 248 g/mol. The molecule has 0 bridgehead atoms. The molecule has 18 heavy (non-hydrogen) atoms. The number of anilines is 2. The van der Waals surface area contributed by atoms with Gasteiger partial charge in [-0.05, 0) is 31.9 Å². The molecule has 1 aliphatic rings. The lowest BCUT2D eigenvalue weighted by Crippen LogP contribution is -2.34. The first-order chi connectivity index (χ1) is 8.61. The molecule has 3 N–H and O–H groups in total. The highest BCUT2D eigenvalue weighted by Gasteiger charge is 2.23. The van der Waals surface area contributed by atoms with Crippen LogP contribution in [0.4, 0.5) is 11.4 Å². The predicted octanol–water partition coefficient (Wildman–Crippen LogP) is 2.74. The Morgan fingerprint density at radius 2 is 2.17 bits per heavy atom. The maximum Gasteiger partial charge on any atom is 0.337 e. The Morgan fingerprint density at radius 3 is 2.89 bits per heavy atom. The molecule has 0 aromatic heterocycles. The van der Waals surface area contributed by atoms with E-state index in [4.69, 9.17) is 5.73 Å². The smallest absolute Gasteiger partial charge is 0.337 e. The molecule has 0 spiro atoms. The zero-order valence-electron chi connectivity index (χ0n) is 10.7. The van der Waals surface area contributed by atoms with Crippen molar-refractivity contribution in [3.05, 3.63) is 23.8 Å². The van der Waals surface area contributed by atoms with E-state index in [1.54, 1.807) is 18.2 Å². The lowest BCUT2D eigenvalue weighted by Gasteiger charge is -2.31. The van der Waals surface area contributed by atoms with E-state index in [0.29, 0.717) is 23.0 Å². The number of nitrogens with zero attached hydrogens (tertiary/aromatic N) is 1. The summed E-state index contributed by atoms with van der Waals surface area (Å²) in [4.78, 5) is 13.5. The van der Waals surface area contributed by atoms with Gasteiger partial charge in [-0.1, -0.05) is 18.9 Å². The molecule has 0 aliphatic carbocycles. The van der Waals surface area contributed by atoms with E-state index >= 15 is 0 Å². The molecular weight excluding hydrogens is 228 g/mol. The van der Waals surface area contributed by atoms with Crippen molar-refractivity contribution >= 4 is 17.3 Å². The molecule has 1 fully saturated rings. The summed E-state index contributed by atoms with van der Waals surface area (Å²) in [5.74, 6) is -0.909. The fourth-order valence-corrected chi connectivity index (χ4v) is 2.66. The van der Waals surface area contributed by atoms with Crippen LogP contribution in [-0.2, 0) is 0 Å². The summed E-state index contributed by atoms with van der Waals surface area (Å²) in [6.45, 7) is 3.03. The molecule has 98 valence electrons. The van der Waals surface area contributed by atoms with E-state index < -0.39 is 5.97 Å². The third-order valence-electron chi connectivity index (χ3n) is 3.64. The average molecular weight is 248 g/mol. The van der Waals surface area contributed by atoms with E-state index in [0.717, 1.165) is 19.4 Å². The van der Waals surface area contributed by atoms with Crippen LogP contribution in [0.3, 0.4) is 0 Å². The van der Waals surface area contributed by atoms with Crippen LogP contribution in [0, 0.1) is 0 Å². The van der Waals surface area contributed by atoms with Crippen molar-refractivity contribution in [1.29, 1.82) is 0 Å². The molecule has 0 radical (unpaired) electrons. The van der Waals surface area contributed by atoms with Crippen LogP contribution in [0.15, 0.2) is 18.2 Å². The molecule has 1 heterocycles. The number of hydrogen-bond donors (Lipinski definition) is 2. The molecule has 1 atom stereocenters. The fourth-order valence-electron chi connectivity index (χ4n) is 2.66. The summed E-state index contributed by atoms with van der Waals surface area (Å²) in [5, 5.41) is 9.30. The van der Waals surface area contributed by atoms with Gasteiger partial charge in [-0.15, -0.1) is 0 Å². The molecule has 1 saturated heterocycles. The van der Waals surface area contributed by atoms with E-state index in [1.807, 2.05) is 0 Å². The maximum atomic E-state index is 11.3. The van der Waals surface area contributed by atoms with Gasteiger partial charge in [0.2, 0.25) is 0 Å². The van der Waals surface area contributed by atoms with Gasteiger partial charge >= 0.3 is 5.97 Å². The van der Waals surface area contributed by atoms with Gasteiger partial charge < -0.3 is 15.7 Å². The van der Waals surface area contributed by atoms with Gasteiger partial charge in [-0.25, -0.2) is 4.79 Å². The summed E-state index contributed by atoms with van der Waals surface area (Å²) in [5.41, 5.74) is 7.56. The lowest BCUT2D eigenvalue weighted by molar-refractivity contribution is 0.0697. The first-order valence-corrected chi connectivity index (χ1v) is 6.49. The van der Waals surface area contributed by atoms with Gasteiger partial charge in [-0.2, -0.15) is 0 Å². The minimum Gasteiger partial charge on any atom is -0.478 e. The number of hydrogen-bond acceptors (Lipinski definition) is 3. The molecule has 4 heteroatoms. The Kier molecular flexibility index (Phi) is 3.75. The fraction of sp³-hybridized carbons (Fsp3) is 0.500. The Hall–Kier alpha value is -1.71. The number of aromatic carboxylic acids is 1. The predicted molar refractivity (Wildman–Crippen MR) is 73.1 cm³/mol. The molecule has 2 rings (SSSR count). The number of rotatable bonds is 2. The summed E-state index contributed by atoms with van der Waals surface area (Å²) in [6.07, 6.45) is 4.59. The van der Waals surface area contributed by atoms with Gasteiger partial charge in [0.1, 0.15) is 0 Å². The van der Waals surface area contributed by atoms with Crippen LogP contribution in [-0.4, -0.2) is 23.7 Å². The molecular formula is C14H20N2O2. The van der Waals surface area contributed by atoms with E-state index in [9.17, 15) is 9.90 Å². The van der Waals surface area contributed by atoms with Crippen LogP contribution >= 0.6 is 0 Å². The molecule has 0 saturated carbocycles. The molecule has 0 amide bonds. The topological polar surface area (TPSA) is 66.6 Å². The first kappa shape index (κ1) is 12.7. The van der Waals surface area contributed by atoms with Crippen molar-refractivity contribution in [3.8, 4) is 0 Å². The summed E-state index contributed by atoms with van der Waals surface area (Å²) < 4.78 is 0. The maximum absolute atomic E-state index is 11.3. The molecule has 1 aliphatic heterocycles. The van der Waals surface area contributed by atoms with Crippen molar-refractivity contribution in [1.82, 2.24) is 0 Å². The number of para-hydroxylation sites is 1. The average Bonchev–Trinajstić information content (AvgIpc) is 2.54. The van der Waals surface area contributed by atoms with Crippen molar-refractivity contribution < 1.29 is 9.90 Å². The minimum absolute atomic E-state index is 0.309. The molecule has 1 aromatic rings. The molecule has 4 nitrogen and oxygen atoms in total. The van der Waals surface area contributed by atoms with Crippen molar-refractivity contribution in [2.24, 2.45) is 0 Å². The SMILES string of the molecule is CC1CCCCCN1c1c(N)cccc1C(=O)O. The number of nitrogen functional groups attached to an aromatic ring is 1. The van der Waals surface area contributed by atoms with E-state index in [-0.39, 0.29) is 0 Å². The van der Waals surface area contributed by atoms with Gasteiger partial charge in [0.25, 0.3) is 0 Å². The Bertz CT molecular complexity index is 445. The van der Waals surface area contributed by atoms with E-state index in [1.165, 1.54) is 12.8 Å². The highest BCUT2D eigenvalue weighted by atomic mass is 16.4. The summed E-state index contributed by atoms with van der Waals surface area (Å²) in [6, 6.07) is 5.45. The number of benzene rings is 1. The minimum atomic E-state index is -0.909. The van der Waals surface area contributed by atoms with Gasteiger partial charge in [0, 0.05) is 12.6 Å². The highest BCUT2D eigenvalue weighted by molar-refractivity contribution is 5.98. The number of nitrogens with two attached hydrogens (primary N) is 1. The van der Waals surface area contributed by atoms with Crippen LogP contribution < -0.4 is 10.6 Å². The van der Waals surface area contributed by atoms with E-state index in [2.05, 4.69) is 11.8 Å². The second-order valence-corrected chi connectivity index (χ2v) is 4.94. The largest absolute Gasteiger partial charge is 0.478 e. The quantitative estimate of drug-likeness (QED) is 0.790. The standard InChI is InChI=1S/C14H20N2O2/c1-10-6-3-2-4-9-16(10)13-11(14(17)18)7-5-8-12(13)15/h5,7-8,10H,2-4,6,9,15H2,1H3,(H,17,18). The second kappa shape index (κ2) is 5.29. The zero-order chi connectivity index (χ0) is 13.1. The highest BCUT2D eigenvalue weighted by Crippen LogP contribution is 2.32. The van der Waals surface area contributed by atoms with Crippen LogP contribution in [0.1, 0.15) is 43.0 Å². The Morgan fingerprint density at radius 1 is 1.39 bits per heavy atom. The van der Waals surface area contributed by atoms with Gasteiger partial charge in [0.15, 0.2) is 0 Å². The van der Waals surface area contributed by atoms with Crippen LogP contribution in [0.5, 0.6) is 0 Å². The van der Waals surface area contributed by atoms with Crippen LogP contribution in [0.25, 0.3) is 0 Å². The number of carboxylic acids is 1. The number of carboxylic acid groups (broad SMARTS) is 1. The second-order valence-electron chi connectivity index (χ2n) is 4.94. The van der Waals surface area contributed by atoms with Gasteiger partial charge in [0.05, 0.1) is 16.9 Å². The van der Waals surface area contributed by atoms with Gasteiger partial charge in [-0.3, -0.25) is 0 Å². The van der Waals surface area contributed by atoms with Crippen LogP contribution in [0.2, 0.25) is 0 Å². The third-order valence-corrected chi connectivity index (χ3v) is 3.64. The van der Waals surface area contributed by atoms with Crippen molar-refractivity contribution in [3.63, 3.8) is 0 Å². The van der Waals surface area contributed by atoms with Crippen molar-refractivity contribution in [2.45, 2.75) is 38.6 Å². The molecule has 1 aromatic carbocycles. The molecule has 1 unspecified atom stereocenters. The summed E-state index contributed by atoms with van der Waals surface area (Å²) in [7, 11) is 0. The summed E-state index contributed by atoms with van der Waals surface area (Å²) >= 11 is 0. The Balaban J connectivity index is 2.44. The lowest BCUT2D eigenvalue weighted by atomic mass is 10.1.